The Kier molecular flexibility index (Phi) is 4.18. The molecule has 1 aromatic carbocycles. The van der Waals surface area contributed by atoms with Gasteiger partial charge < -0.3 is 0 Å². The normalized spacial score (nSPS) is 21.9. The van der Waals surface area contributed by atoms with Gasteiger partial charge in [-0.15, -0.1) is 0 Å². The van der Waals surface area contributed by atoms with E-state index in [0.29, 0.717) is 5.41 Å². The molecule has 0 saturated heterocycles. The fourth-order valence-corrected chi connectivity index (χ4v) is 4.30. The lowest BCUT2D eigenvalue weighted by Crippen LogP contribution is -2.25. The van der Waals surface area contributed by atoms with Gasteiger partial charge in [-0.1, -0.05) is 57.9 Å². The van der Waals surface area contributed by atoms with Crippen LogP contribution in [0, 0.1) is 6.92 Å². The van der Waals surface area contributed by atoms with E-state index in [1.54, 1.807) is 22.3 Å². The van der Waals surface area contributed by atoms with Crippen molar-refractivity contribution in [1.82, 2.24) is 0 Å². The number of benzene rings is 1. The maximum absolute atomic E-state index is 2.39. The van der Waals surface area contributed by atoms with Crippen LogP contribution >= 0.6 is 0 Å². The van der Waals surface area contributed by atoms with E-state index in [9.17, 15) is 0 Å². The van der Waals surface area contributed by atoms with Crippen molar-refractivity contribution in [3.63, 3.8) is 0 Å². The summed E-state index contributed by atoms with van der Waals surface area (Å²) in [6.45, 7) is 11.6. The summed E-state index contributed by atoms with van der Waals surface area (Å²) in [5.41, 5.74) is 8.36. The number of allylic oxidation sites excluding steroid dienone is 2. The van der Waals surface area contributed by atoms with Crippen LogP contribution in [0.3, 0.4) is 0 Å². The van der Waals surface area contributed by atoms with E-state index in [4.69, 9.17) is 0 Å². The molecular weight excluding hydrogens is 228 g/mol. The molecule has 104 valence electrons. The lowest BCUT2D eigenvalue weighted by atomic mass is 9.71. The topological polar surface area (TPSA) is 0 Å². The Morgan fingerprint density at radius 1 is 1.00 bits per heavy atom. The fraction of sp³-hybridized carbons (Fsp3) is 0.579. The fourth-order valence-electron chi connectivity index (χ4n) is 4.30. The predicted molar refractivity (Wildman–Crippen MR) is 85.6 cm³/mol. The van der Waals surface area contributed by atoms with Gasteiger partial charge in [0.25, 0.3) is 0 Å². The summed E-state index contributed by atoms with van der Waals surface area (Å²) in [5.74, 6) is 0. The molecule has 19 heavy (non-hydrogen) atoms. The van der Waals surface area contributed by atoms with Crippen LogP contribution in [0.1, 0.15) is 76.5 Å². The van der Waals surface area contributed by atoms with Gasteiger partial charge in [0, 0.05) is 5.41 Å². The van der Waals surface area contributed by atoms with Crippen molar-refractivity contribution in [3.8, 4) is 0 Å². The second-order valence-corrected chi connectivity index (χ2v) is 5.85. The predicted octanol–water partition coefficient (Wildman–Crippen LogP) is 6.03. The smallest absolute Gasteiger partial charge is 0.0171 e. The molecule has 0 heterocycles. The van der Waals surface area contributed by atoms with Crippen molar-refractivity contribution in [1.29, 1.82) is 0 Å². The average Bonchev–Trinajstić information content (AvgIpc) is 2.70. The van der Waals surface area contributed by atoms with Gasteiger partial charge in [-0.2, -0.15) is 0 Å². The minimum Gasteiger partial charge on any atom is -0.0653 e. The van der Waals surface area contributed by atoms with Crippen molar-refractivity contribution in [3.05, 3.63) is 40.5 Å². The summed E-state index contributed by atoms with van der Waals surface area (Å²) < 4.78 is 0. The molecule has 1 unspecified atom stereocenters. The molecule has 0 saturated carbocycles. The lowest BCUT2D eigenvalue weighted by Gasteiger charge is -2.33. The van der Waals surface area contributed by atoms with E-state index < -0.39 is 0 Å². The highest BCUT2D eigenvalue weighted by molar-refractivity contribution is 5.82. The maximum Gasteiger partial charge on any atom is 0.0171 e. The molecule has 0 aliphatic heterocycles. The summed E-state index contributed by atoms with van der Waals surface area (Å²) in [5, 5.41) is 0. The van der Waals surface area contributed by atoms with Crippen LogP contribution < -0.4 is 0 Å². The Morgan fingerprint density at radius 2 is 1.74 bits per heavy atom. The lowest BCUT2D eigenvalue weighted by molar-refractivity contribution is 0.439. The zero-order valence-electron chi connectivity index (χ0n) is 13.3. The number of fused-ring (bicyclic) bond motifs is 1. The molecule has 2 rings (SSSR count). The van der Waals surface area contributed by atoms with Gasteiger partial charge in [0.05, 0.1) is 0 Å². The molecule has 0 spiro atoms. The molecule has 0 nitrogen and oxygen atoms in total. The van der Waals surface area contributed by atoms with Crippen molar-refractivity contribution in [2.75, 3.05) is 0 Å². The molecular formula is C19H28. The highest BCUT2D eigenvalue weighted by atomic mass is 14.4. The van der Waals surface area contributed by atoms with Crippen LogP contribution in [0.25, 0.3) is 5.57 Å². The van der Waals surface area contributed by atoms with Crippen LogP contribution in [-0.4, -0.2) is 0 Å². The molecule has 0 N–H and O–H groups in total. The summed E-state index contributed by atoms with van der Waals surface area (Å²) in [6, 6.07) is 6.92. The highest BCUT2D eigenvalue weighted by Crippen LogP contribution is 2.53. The van der Waals surface area contributed by atoms with Crippen LogP contribution in [0.5, 0.6) is 0 Å². The van der Waals surface area contributed by atoms with E-state index in [2.05, 4.69) is 52.8 Å². The Morgan fingerprint density at radius 3 is 2.26 bits per heavy atom. The minimum absolute atomic E-state index is 0.330. The first kappa shape index (κ1) is 14.4. The van der Waals surface area contributed by atoms with Crippen LogP contribution in [-0.2, 0) is 5.41 Å². The number of aryl methyl sites for hydroxylation is 1. The summed E-state index contributed by atoms with van der Waals surface area (Å²) in [6.07, 6.45) is 6.18. The Bertz CT molecular complexity index is 493. The van der Waals surface area contributed by atoms with Gasteiger partial charge in [0.15, 0.2) is 0 Å². The molecule has 0 bridgehead atoms. The molecule has 0 aromatic heterocycles. The van der Waals surface area contributed by atoms with Crippen molar-refractivity contribution >= 4 is 5.57 Å². The molecule has 0 amide bonds. The molecule has 0 radical (unpaired) electrons. The van der Waals surface area contributed by atoms with Gasteiger partial charge in [0.2, 0.25) is 0 Å². The Labute approximate surface area is 118 Å². The third-order valence-electron chi connectivity index (χ3n) is 5.02. The first-order chi connectivity index (χ1) is 9.16. The number of hydrogen-bond donors (Lipinski definition) is 0. The SMILES string of the molecule is CCCC1(CC)C(CC)=C(CC)c2c(C)cccc21. The molecule has 1 aromatic rings. The Balaban J connectivity index is 2.75. The van der Waals surface area contributed by atoms with Gasteiger partial charge in [-0.05, 0) is 54.9 Å². The monoisotopic (exact) mass is 256 g/mol. The largest absolute Gasteiger partial charge is 0.0653 e. The van der Waals surface area contributed by atoms with Gasteiger partial charge in [-0.25, -0.2) is 0 Å². The highest BCUT2D eigenvalue weighted by Gasteiger charge is 2.41. The quantitative estimate of drug-likeness (QED) is 0.603. The molecule has 1 aliphatic rings. The standard InChI is InChI=1S/C19H28/c1-6-13-19(9-4)16(8-3)15(7-2)18-14(5)11-10-12-17(18)19/h10-12H,6-9,13H2,1-5H3. The second kappa shape index (κ2) is 5.53. The third kappa shape index (κ3) is 1.96. The van der Waals surface area contributed by atoms with Crippen molar-refractivity contribution in [2.24, 2.45) is 0 Å². The second-order valence-electron chi connectivity index (χ2n) is 5.85. The summed E-state index contributed by atoms with van der Waals surface area (Å²) >= 11 is 0. The first-order valence-corrected chi connectivity index (χ1v) is 7.99. The van der Waals surface area contributed by atoms with E-state index in [-0.39, 0.29) is 0 Å². The molecule has 1 aliphatic carbocycles. The van der Waals surface area contributed by atoms with E-state index in [1.165, 1.54) is 37.7 Å². The number of hydrogen-bond acceptors (Lipinski definition) is 0. The van der Waals surface area contributed by atoms with Gasteiger partial charge in [0.1, 0.15) is 0 Å². The number of rotatable bonds is 5. The average molecular weight is 256 g/mol. The van der Waals surface area contributed by atoms with Crippen LogP contribution in [0.2, 0.25) is 0 Å². The zero-order valence-corrected chi connectivity index (χ0v) is 13.3. The minimum atomic E-state index is 0.330. The third-order valence-corrected chi connectivity index (χ3v) is 5.02. The van der Waals surface area contributed by atoms with E-state index in [1.807, 2.05) is 0 Å². The molecule has 1 atom stereocenters. The van der Waals surface area contributed by atoms with Crippen molar-refractivity contribution < 1.29 is 0 Å². The first-order valence-electron chi connectivity index (χ1n) is 7.99. The molecule has 0 heteroatoms. The molecule has 0 fully saturated rings. The Hall–Kier alpha value is -1.04. The van der Waals surface area contributed by atoms with Crippen LogP contribution in [0.4, 0.5) is 0 Å². The van der Waals surface area contributed by atoms with Gasteiger partial charge in [-0.3, -0.25) is 0 Å². The maximum atomic E-state index is 2.39. The van der Waals surface area contributed by atoms with Crippen molar-refractivity contribution in [2.45, 2.75) is 72.1 Å². The van der Waals surface area contributed by atoms with E-state index >= 15 is 0 Å². The summed E-state index contributed by atoms with van der Waals surface area (Å²) in [4.78, 5) is 0. The van der Waals surface area contributed by atoms with E-state index in [0.717, 1.165) is 0 Å². The zero-order chi connectivity index (χ0) is 14.0. The van der Waals surface area contributed by atoms with Crippen LogP contribution in [0.15, 0.2) is 23.8 Å². The van der Waals surface area contributed by atoms with Gasteiger partial charge >= 0.3 is 0 Å². The summed E-state index contributed by atoms with van der Waals surface area (Å²) in [7, 11) is 0.